The highest BCUT2D eigenvalue weighted by atomic mass is 16.6. The maximum atomic E-state index is 12.0. The molecule has 1 atom stereocenters. The van der Waals surface area contributed by atoms with Crippen molar-refractivity contribution in [2.24, 2.45) is 0 Å². The Morgan fingerprint density at radius 1 is 1.58 bits per heavy atom. The van der Waals surface area contributed by atoms with Gasteiger partial charge in [0.25, 0.3) is 0 Å². The average molecular weight is 267 g/mol. The van der Waals surface area contributed by atoms with Crippen LogP contribution in [0, 0.1) is 0 Å². The fourth-order valence-corrected chi connectivity index (χ4v) is 1.67. The second-order valence-corrected chi connectivity index (χ2v) is 5.24. The summed E-state index contributed by atoms with van der Waals surface area (Å²) in [6.07, 6.45) is 1.79. The van der Waals surface area contributed by atoms with Gasteiger partial charge in [-0.05, 0) is 33.8 Å². The molecule has 1 rings (SSSR count). The van der Waals surface area contributed by atoms with E-state index in [1.807, 2.05) is 6.92 Å². The van der Waals surface area contributed by atoms with Crippen LogP contribution in [0.1, 0.15) is 39.4 Å². The number of carbonyl (C=O) groups is 2. The molecular formula is C13H21N3O3. The van der Waals surface area contributed by atoms with Gasteiger partial charge in [0.15, 0.2) is 0 Å². The molecule has 1 heterocycles. The first kappa shape index (κ1) is 15.2. The predicted octanol–water partition coefficient (Wildman–Crippen LogP) is 2.01. The lowest BCUT2D eigenvalue weighted by atomic mass is 10.2. The zero-order valence-corrected chi connectivity index (χ0v) is 12.1. The van der Waals surface area contributed by atoms with Crippen LogP contribution in [-0.4, -0.2) is 39.7 Å². The number of ether oxygens (including phenoxy) is 1. The Morgan fingerprint density at radius 3 is 2.68 bits per heavy atom. The van der Waals surface area contributed by atoms with E-state index < -0.39 is 17.7 Å². The summed E-state index contributed by atoms with van der Waals surface area (Å²) in [7, 11) is 1.54. The third kappa shape index (κ3) is 3.81. The van der Waals surface area contributed by atoms with Gasteiger partial charge in [-0.2, -0.15) is 5.10 Å². The molecule has 0 saturated carbocycles. The summed E-state index contributed by atoms with van der Waals surface area (Å²) >= 11 is 0. The molecular weight excluding hydrogens is 246 g/mol. The van der Waals surface area contributed by atoms with Crippen LogP contribution < -0.4 is 0 Å². The van der Waals surface area contributed by atoms with Crippen LogP contribution in [0.3, 0.4) is 0 Å². The zero-order chi connectivity index (χ0) is 14.6. The van der Waals surface area contributed by atoms with Gasteiger partial charge in [-0.25, -0.2) is 4.79 Å². The van der Waals surface area contributed by atoms with Crippen LogP contribution in [0.4, 0.5) is 4.79 Å². The molecule has 6 nitrogen and oxygen atoms in total. The SMILES string of the molecule is CCn1nccc1C(C=O)N(C)C(=O)OC(C)(C)C. The topological polar surface area (TPSA) is 64.4 Å². The number of amides is 1. The van der Waals surface area contributed by atoms with Crippen molar-refractivity contribution in [2.45, 2.75) is 45.9 Å². The summed E-state index contributed by atoms with van der Waals surface area (Å²) in [5.41, 5.74) is 0.0786. The van der Waals surface area contributed by atoms with E-state index in [4.69, 9.17) is 4.74 Å². The summed E-state index contributed by atoms with van der Waals surface area (Å²) < 4.78 is 6.93. The molecule has 0 aliphatic carbocycles. The van der Waals surface area contributed by atoms with Gasteiger partial charge in [0.2, 0.25) is 0 Å². The minimum Gasteiger partial charge on any atom is -0.444 e. The number of hydrogen-bond acceptors (Lipinski definition) is 4. The van der Waals surface area contributed by atoms with Crippen LogP contribution in [0.2, 0.25) is 0 Å². The summed E-state index contributed by atoms with van der Waals surface area (Å²) in [4.78, 5) is 24.5. The van der Waals surface area contributed by atoms with E-state index in [0.717, 1.165) is 0 Å². The monoisotopic (exact) mass is 267 g/mol. The van der Waals surface area contributed by atoms with E-state index in [1.54, 1.807) is 44.8 Å². The van der Waals surface area contributed by atoms with Gasteiger partial charge < -0.3 is 9.53 Å². The van der Waals surface area contributed by atoms with Gasteiger partial charge in [-0.1, -0.05) is 0 Å². The number of aldehydes is 1. The van der Waals surface area contributed by atoms with Crippen LogP contribution in [0.5, 0.6) is 0 Å². The van der Waals surface area contributed by atoms with E-state index in [1.165, 1.54) is 4.90 Å². The van der Waals surface area contributed by atoms with Crippen molar-refractivity contribution in [3.8, 4) is 0 Å². The normalized spacial score (nSPS) is 12.9. The molecule has 1 amide bonds. The number of nitrogens with zero attached hydrogens (tertiary/aromatic N) is 3. The first-order valence-corrected chi connectivity index (χ1v) is 6.23. The fourth-order valence-electron chi connectivity index (χ4n) is 1.67. The van der Waals surface area contributed by atoms with Gasteiger partial charge in [0.05, 0.1) is 5.69 Å². The molecule has 1 unspecified atom stereocenters. The molecule has 0 aliphatic rings. The smallest absolute Gasteiger partial charge is 0.410 e. The largest absolute Gasteiger partial charge is 0.444 e. The summed E-state index contributed by atoms with van der Waals surface area (Å²) in [6.45, 7) is 7.90. The van der Waals surface area contributed by atoms with Crippen LogP contribution in [-0.2, 0) is 16.1 Å². The quantitative estimate of drug-likeness (QED) is 0.783. The molecule has 0 N–H and O–H groups in total. The van der Waals surface area contributed by atoms with E-state index in [2.05, 4.69) is 5.10 Å². The van der Waals surface area contributed by atoms with Crippen molar-refractivity contribution >= 4 is 12.4 Å². The third-order valence-electron chi connectivity index (χ3n) is 2.58. The van der Waals surface area contributed by atoms with E-state index in [0.29, 0.717) is 18.5 Å². The first-order chi connectivity index (χ1) is 8.80. The molecule has 0 radical (unpaired) electrons. The van der Waals surface area contributed by atoms with E-state index >= 15 is 0 Å². The van der Waals surface area contributed by atoms with Crippen LogP contribution >= 0.6 is 0 Å². The van der Waals surface area contributed by atoms with Crippen LogP contribution in [0.15, 0.2) is 12.3 Å². The highest BCUT2D eigenvalue weighted by Crippen LogP contribution is 2.19. The maximum Gasteiger partial charge on any atom is 0.410 e. The Kier molecular flexibility index (Phi) is 4.69. The van der Waals surface area contributed by atoms with Gasteiger partial charge in [-0.3, -0.25) is 9.58 Å². The molecule has 0 aromatic carbocycles. The van der Waals surface area contributed by atoms with Crippen LogP contribution in [0.25, 0.3) is 0 Å². The van der Waals surface area contributed by atoms with Crippen molar-refractivity contribution < 1.29 is 14.3 Å². The zero-order valence-electron chi connectivity index (χ0n) is 12.1. The number of likely N-dealkylation sites (N-methyl/N-ethyl adjacent to an activating group) is 1. The highest BCUT2D eigenvalue weighted by Gasteiger charge is 2.27. The Labute approximate surface area is 113 Å². The summed E-state index contributed by atoms with van der Waals surface area (Å²) in [5, 5.41) is 4.10. The second-order valence-electron chi connectivity index (χ2n) is 5.24. The minimum absolute atomic E-state index is 0.534. The van der Waals surface area contributed by atoms with E-state index in [9.17, 15) is 9.59 Å². The Hall–Kier alpha value is -1.85. The molecule has 0 saturated heterocycles. The standard InChI is InChI=1S/C13H21N3O3/c1-6-16-10(7-8-14-16)11(9-17)15(5)12(18)19-13(2,3)4/h7-9,11H,6H2,1-5H3. The number of carbonyl (C=O) groups excluding carboxylic acids is 2. The van der Waals surface area contributed by atoms with Crippen molar-refractivity contribution in [3.05, 3.63) is 18.0 Å². The molecule has 19 heavy (non-hydrogen) atoms. The first-order valence-electron chi connectivity index (χ1n) is 6.23. The molecule has 0 bridgehead atoms. The van der Waals surface area contributed by atoms with Gasteiger partial charge in [0, 0.05) is 19.8 Å². The Morgan fingerprint density at radius 2 is 2.21 bits per heavy atom. The molecule has 0 aliphatic heterocycles. The molecule has 0 spiro atoms. The number of aromatic nitrogens is 2. The van der Waals surface area contributed by atoms with Crippen molar-refractivity contribution in [1.82, 2.24) is 14.7 Å². The minimum atomic E-state index is -0.697. The number of rotatable bonds is 4. The number of aryl methyl sites for hydroxylation is 1. The summed E-state index contributed by atoms with van der Waals surface area (Å²) in [5.74, 6) is 0. The highest BCUT2D eigenvalue weighted by molar-refractivity contribution is 5.74. The molecule has 0 fully saturated rings. The lowest BCUT2D eigenvalue weighted by Gasteiger charge is -2.28. The molecule has 6 heteroatoms. The lowest BCUT2D eigenvalue weighted by Crippen LogP contribution is -2.38. The predicted molar refractivity (Wildman–Crippen MR) is 70.7 cm³/mol. The van der Waals surface area contributed by atoms with Crippen molar-refractivity contribution in [1.29, 1.82) is 0 Å². The average Bonchev–Trinajstić information content (AvgIpc) is 2.75. The summed E-state index contributed by atoms with van der Waals surface area (Å²) in [6, 6.07) is 1.03. The second kappa shape index (κ2) is 5.86. The van der Waals surface area contributed by atoms with E-state index in [-0.39, 0.29) is 0 Å². The Balaban J connectivity index is 2.91. The van der Waals surface area contributed by atoms with Gasteiger partial charge >= 0.3 is 6.09 Å². The Bertz CT molecular complexity index is 448. The molecule has 1 aromatic heterocycles. The van der Waals surface area contributed by atoms with Gasteiger partial charge in [-0.15, -0.1) is 0 Å². The molecule has 106 valence electrons. The molecule has 1 aromatic rings. The maximum absolute atomic E-state index is 12.0. The fraction of sp³-hybridized carbons (Fsp3) is 0.615. The third-order valence-corrected chi connectivity index (χ3v) is 2.58. The van der Waals surface area contributed by atoms with Gasteiger partial charge in [0.1, 0.15) is 17.9 Å². The van der Waals surface area contributed by atoms with Crippen molar-refractivity contribution in [2.75, 3.05) is 7.05 Å². The van der Waals surface area contributed by atoms with Crippen molar-refractivity contribution in [3.63, 3.8) is 0 Å². The lowest BCUT2D eigenvalue weighted by molar-refractivity contribution is -0.112. The number of hydrogen-bond donors (Lipinski definition) is 0.